The van der Waals surface area contributed by atoms with E-state index in [9.17, 15) is 19.0 Å². The summed E-state index contributed by atoms with van der Waals surface area (Å²) in [7, 11) is 1.46. The van der Waals surface area contributed by atoms with Crippen LogP contribution >= 0.6 is 7.82 Å². The summed E-state index contributed by atoms with van der Waals surface area (Å²) >= 11 is 0. The van der Waals surface area contributed by atoms with E-state index in [1.54, 1.807) is 0 Å². The third kappa shape index (κ3) is 69.6. The van der Waals surface area contributed by atoms with Gasteiger partial charge in [-0.25, -0.2) is 4.57 Å². The summed E-state index contributed by atoms with van der Waals surface area (Å²) in [6, 6.07) is 0. The minimum atomic E-state index is -4.40. The van der Waals surface area contributed by atoms with Crippen molar-refractivity contribution in [1.82, 2.24) is 0 Å². The van der Waals surface area contributed by atoms with Crippen molar-refractivity contribution in [2.24, 2.45) is 0 Å². The van der Waals surface area contributed by atoms with E-state index in [0.717, 1.165) is 109 Å². The Morgan fingerprint density at radius 1 is 0.376 bits per heavy atom. The number of rotatable bonds is 64. The molecule has 0 aliphatic carbocycles. The van der Waals surface area contributed by atoms with Crippen molar-refractivity contribution < 1.29 is 42.1 Å². The highest BCUT2D eigenvalue weighted by molar-refractivity contribution is 7.47. The lowest BCUT2D eigenvalue weighted by molar-refractivity contribution is -0.870. The molecule has 85 heavy (non-hydrogen) atoms. The monoisotopic (exact) mass is 1210 g/mol. The average Bonchev–Trinajstić information content (AvgIpc) is 3.54. The zero-order chi connectivity index (χ0) is 61.9. The molecule has 0 saturated carbocycles. The smallest absolute Gasteiger partial charge is 0.462 e. The number of ether oxygens (including phenoxy) is 2. The third-order valence-corrected chi connectivity index (χ3v) is 16.1. The van der Waals surface area contributed by atoms with Crippen molar-refractivity contribution >= 4 is 19.8 Å². The van der Waals surface area contributed by atoms with Gasteiger partial charge in [-0.1, -0.05) is 316 Å². The number of hydrogen-bond donors (Lipinski definition) is 1. The lowest BCUT2D eigenvalue weighted by Gasteiger charge is -2.24. The molecule has 490 valence electrons. The number of phosphoric acid groups is 1. The normalized spacial score (nSPS) is 13.8. The van der Waals surface area contributed by atoms with Crippen LogP contribution in [0.2, 0.25) is 0 Å². The highest BCUT2D eigenvalue weighted by Crippen LogP contribution is 2.43. The fourth-order valence-electron chi connectivity index (χ4n) is 9.72. The van der Waals surface area contributed by atoms with Crippen LogP contribution in [0.4, 0.5) is 0 Å². The molecule has 2 atom stereocenters. The summed E-state index contributed by atoms with van der Waals surface area (Å²) in [5.74, 6) is -0.814. The standard InChI is InChI=1S/C75H132NO8P/c1-6-8-10-12-14-16-18-20-22-24-26-28-30-32-34-36-37-38-39-40-42-44-46-48-50-52-54-56-58-60-62-64-66-68-75(78)84-73(72-83-85(79,80)82-70-69-76(3,4)5)71-81-74(77)67-65-63-61-59-57-55-53-51-49-47-45-43-41-35-33-31-29-27-25-23-21-19-17-15-13-11-9-7-2/h8,10,14,16,20,22,26,28,32,34,37-38,40,42,46,48,52,54,73H,6-7,9,11-13,15,17-19,21,23-25,27,29-31,33,35-36,39,41,43-45,47,49-51,53,55-72H2,1-5H3/p+1/b10-8-,16-14-,22-20-,28-26-,34-32-,38-37-,42-40-,48-46-,54-52-. The predicted octanol–water partition coefficient (Wildman–Crippen LogP) is 22.9. The van der Waals surface area contributed by atoms with Gasteiger partial charge in [0.15, 0.2) is 6.10 Å². The summed E-state index contributed by atoms with van der Waals surface area (Å²) in [5, 5.41) is 0. The SMILES string of the molecule is CC/C=C\C/C=C\C/C=C\C/C=C\C/C=C\C/C=C\C/C=C\C/C=C\C/C=C\CCCCCCCC(=O)OC(COC(=O)CCCCCCCCCCCCCCCCCCCCCCCCCCCCCC)COP(=O)(O)OCC[N+](C)(C)C. The summed E-state index contributed by atoms with van der Waals surface area (Å²) < 4.78 is 34.7. The first kappa shape index (κ1) is 81.7. The van der Waals surface area contributed by atoms with Crippen LogP contribution in [0.1, 0.15) is 303 Å². The van der Waals surface area contributed by atoms with Crippen molar-refractivity contribution in [3.8, 4) is 0 Å². The van der Waals surface area contributed by atoms with Crippen LogP contribution in [0.15, 0.2) is 109 Å². The maximum atomic E-state index is 12.9. The summed E-state index contributed by atoms with van der Waals surface area (Å²) in [6.45, 7) is 4.33. The number of likely N-dealkylation sites (N-methyl/N-ethyl adjacent to an activating group) is 1. The molecule has 0 saturated heterocycles. The molecule has 1 N–H and O–H groups in total. The molecule has 0 amide bonds. The number of allylic oxidation sites excluding steroid dienone is 18. The van der Waals surface area contributed by atoms with Gasteiger partial charge in [0.1, 0.15) is 19.8 Å². The molecule has 0 rings (SSSR count). The quantitative estimate of drug-likeness (QED) is 0.0211. The highest BCUT2D eigenvalue weighted by Gasteiger charge is 2.27. The lowest BCUT2D eigenvalue weighted by Crippen LogP contribution is -2.37. The second-order valence-corrected chi connectivity index (χ2v) is 26.0. The van der Waals surface area contributed by atoms with E-state index in [2.05, 4.69) is 123 Å². The van der Waals surface area contributed by atoms with Gasteiger partial charge < -0.3 is 18.9 Å². The van der Waals surface area contributed by atoms with Crippen molar-refractivity contribution in [3.63, 3.8) is 0 Å². The van der Waals surface area contributed by atoms with E-state index in [-0.39, 0.29) is 32.0 Å². The zero-order valence-electron chi connectivity index (χ0n) is 55.8. The van der Waals surface area contributed by atoms with Gasteiger partial charge in [-0.05, 0) is 83.5 Å². The van der Waals surface area contributed by atoms with E-state index in [0.29, 0.717) is 17.4 Å². The third-order valence-electron chi connectivity index (χ3n) is 15.1. The van der Waals surface area contributed by atoms with E-state index < -0.39 is 26.5 Å². The minimum absolute atomic E-state index is 0.0236. The van der Waals surface area contributed by atoms with Gasteiger partial charge in [0.2, 0.25) is 0 Å². The molecular weight excluding hydrogens is 1070 g/mol. The summed E-state index contributed by atoms with van der Waals surface area (Å²) in [6.07, 6.45) is 91.9. The van der Waals surface area contributed by atoms with Gasteiger partial charge >= 0.3 is 19.8 Å². The second kappa shape index (κ2) is 65.1. The Balaban J connectivity index is 4.13. The van der Waals surface area contributed by atoms with Crippen LogP contribution in [-0.2, 0) is 32.7 Å². The van der Waals surface area contributed by atoms with Crippen molar-refractivity contribution in [3.05, 3.63) is 109 Å². The van der Waals surface area contributed by atoms with Gasteiger partial charge in [0.25, 0.3) is 0 Å². The van der Waals surface area contributed by atoms with Crippen LogP contribution in [-0.4, -0.2) is 74.9 Å². The van der Waals surface area contributed by atoms with Crippen molar-refractivity contribution in [1.29, 1.82) is 0 Å². The maximum absolute atomic E-state index is 12.9. The van der Waals surface area contributed by atoms with E-state index >= 15 is 0 Å². The number of phosphoric ester groups is 1. The second-order valence-electron chi connectivity index (χ2n) is 24.5. The Labute approximate surface area is 525 Å². The van der Waals surface area contributed by atoms with Crippen LogP contribution in [0.25, 0.3) is 0 Å². The lowest BCUT2D eigenvalue weighted by atomic mass is 10.0. The van der Waals surface area contributed by atoms with E-state index in [4.69, 9.17) is 18.5 Å². The molecule has 10 heteroatoms. The summed E-state index contributed by atoms with van der Waals surface area (Å²) in [5.41, 5.74) is 0. The topological polar surface area (TPSA) is 108 Å². The Morgan fingerprint density at radius 2 is 0.671 bits per heavy atom. The number of quaternary nitrogens is 1. The van der Waals surface area contributed by atoms with Crippen LogP contribution in [0, 0.1) is 0 Å². The molecule has 9 nitrogen and oxygen atoms in total. The fraction of sp³-hybridized carbons (Fsp3) is 0.733. The predicted molar refractivity (Wildman–Crippen MR) is 367 cm³/mol. The number of esters is 2. The zero-order valence-corrected chi connectivity index (χ0v) is 56.7. The Morgan fingerprint density at radius 3 is 1.00 bits per heavy atom. The highest BCUT2D eigenvalue weighted by atomic mass is 31.2. The first-order valence-corrected chi connectivity index (χ1v) is 36.6. The first-order chi connectivity index (χ1) is 41.5. The first-order valence-electron chi connectivity index (χ1n) is 35.1. The molecular formula is C75H133NO8P+. The molecule has 0 aromatic rings. The minimum Gasteiger partial charge on any atom is -0.462 e. The molecule has 0 aliphatic rings. The maximum Gasteiger partial charge on any atom is 0.472 e. The molecule has 0 aliphatic heterocycles. The number of carbonyl (C=O) groups excluding carboxylic acids is 2. The van der Waals surface area contributed by atoms with E-state index in [1.807, 2.05) is 21.1 Å². The average molecular weight is 1210 g/mol. The Hall–Kier alpha value is -3.33. The van der Waals surface area contributed by atoms with Gasteiger partial charge in [-0.15, -0.1) is 0 Å². The molecule has 0 spiro atoms. The van der Waals surface area contributed by atoms with Crippen LogP contribution in [0.3, 0.4) is 0 Å². The Kier molecular flexibility index (Phi) is 62.6. The van der Waals surface area contributed by atoms with Gasteiger partial charge in [0, 0.05) is 12.8 Å². The molecule has 0 radical (unpaired) electrons. The molecule has 0 fully saturated rings. The number of hydrogen-bond acceptors (Lipinski definition) is 7. The van der Waals surface area contributed by atoms with Crippen LogP contribution in [0.5, 0.6) is 0 Å². The number of nitrogens with zero attached hydrogens (tertiary/aromatic N) is 1. The molecule has 0 aromatic heterocycles. The number of carbonyl (C=O) groups is 2. The largest absolute Gasteiger partial charge is 0.472 e. The molecule has 0 heterocycles. The van der Waals surface area contributed by atoms with Crippen molar-refractivity contribution in [2.75, 3.05) is 47.5 Å². The van der Waals surface area contributed by atoms with Gasteiger partial charge in [-0.2, -0.15) is 0 Å². The van der Waals surface area contributed by atoms with Crippen molar-refractivity contribution in [2.45, 2.75) is 309 Å². The van der Waals surface area contributed by atoms with Crippen LogP contribution < -0.4 is 0 Å². The fourth-order valence-corrected chi connectivity index (χ4v) is 10.5. The van der Waals surface area contributed by atoms with E-state index in [1.165, 1.54) is 161 Å². The van der Waals surface area contributed by atoms with Gasteiger partial charge in [0.05, 0.1) is 27.7 Å². The molecule has 2 unspecified atom stereocenters. The summed E-state index contributed by atoms with van der Waals surface area (Å²) in [4.78, 5) is 35.9. The molecule has 0 aromatic carbocycles. The molecule has 0 bridgehead atoms. The van der Waals surface area contributed by atoms with Gasteiger partial charge in [-0.3, -0.25) is 18.6 Å². The Bertz CT molecular complexity index is 1800. The number of unbranched alkanes of at least 4 members (excludes halogenated alkanes) is 32.